The molecule has 0 amide bonds. The predicted molar refractivity (Wildman–Crippen MR) is 133 cm³/mol. The van der Waals surface area contributed by atoms with Crippen molar-refractivity contribution in [2.24, 2.45) is 0 Å². The van der Waals surface area contributed by atoms with E-state index in [0.717, 1.165) is 35.6 Å². The summed E-state index contributed by atoms with van der Waals surface area (Å²) in [6, 6.07) is 26.2. The van der Waals surface area contributed by atoms with Gasteiger partial charge in [-0.25, -0.2) is 0 Å². The van der Waals surface area contributed by atoms with E-state index in [1.54, 1.807) is 13.2 Å². The van der Waals surface area contributed by atoms with E-state index < -0.39 is 0 Å². The lowest BCUT2D eigenvalue weighted by Crippen LogP contribution is -2.18. The summed E-state index contributed by atoms with van der Waals surface area (Å²) in [7, 11) is 1.71. The molecule has 32 heavy (non-hydrogen) atoms. The number of para-hydroxylation sites is 1. The molecule has 4 aromatic rings. The van der Waals surface area contributed by atoms with Crippen molar-refractivity contribution in [3.05, 3.63) is 106 Å². The van der Waals surface area contributed by atoms with E-state index >= 15 is 0 Å². The Balaban J connectivity index is 1.49. The van der Waals surface area contributed by atoms with Gasteiger partial charge < -0.3 is 14.8 Å². The molecule has 1 N–H and O–H groups in total. The highest BCUT2D eigenvalue weighted by molar-refractivity contribution is 6.42. The molecular weight excluding hydrogens is 441 g/mol. The van der Waals surface area contributed by atoms with E-state index in [2.05, 4.69) is 41.7 Å². The SMILES string of the molecule is COc1ccccc1CCNCc1c(OCc2ccc(Cl)c(Cl)c2)ccc2ccccc12. The second-order valence-electron chi connectivity index (χ2n) is 7.54. The molecule has 0 saturated carbocycles. The summed E-state index contributed by atoms with van der Waals surface area (Å²) >= 11 is 12.2. The van der Waals surface area contributed by atoms with Crippen LogP contribution in [-0.2, 0) is 19.6 Å². The zero-order valence-corrected chi connectivity index (χ0v) is 19.4. The summed E-state index contributed by atoms with van der Waals surface area (Å²) in [4.78, 5) is 0. The fraction of sp³-hybridized carbons (Fsp3) is 0.185. The minimum atomic E-state index is 0.420. The van der Waals surface area contributed by atoms with Crippen LogP contribution in [0.25, 0.3) is 10.8 Å². The molecule has 0 unspecified atom stereocenters. The first-order valence-electron chi connectivity index (χ1n) is 10.6. The molecule has 0 aliphatic rings. The number of nitrogens with one attached hydrogen (secondary N) is 1. The molecule has 0 spiro atoms. The Morgan fingerprint density at radius 1 is 0.812 bits per heavy atom. The maximum Gasteiger partial charge on any atom is 0.124 e. The van der Waals surface area contributed by atoms with Crippen molar-refractivity contribution >= 4 is 34.0 Å². The van der Waals surface area contributed by atoms with E-state index in [0.29, 0.717) is 23.2 Å². The van der Waals surface area contributed by atoms with Crippen LogP contribution in [0, 0.1) is 0 Å². The van der Waals surface area contributed by atoms with Gasteiger partial charge in [0.25, 0.3) is 0 Å². The normalized spacial score (nSPS) is 11.0. The number of methoxy groups -OCH3 is 1. The minimum absolute atomic E-state index is 0.420. The van der Waals surface area contributed by atoms with Crippen molar-refractivity contribution in [3.63, 3.8) is 0 Å². The van der Waals surface area contributed by atoms with Crippen LogP contribution >= 0.6 is 23.2 Å². The summed E-state index contributed by atoms with van der Waals surface area (Å²) in [6.45, 7) is 1.95. The van der Waals surface area contributed by atoms with Gasteiger partial charge in [-0.2, -0.15) is 0 Å². The van der Waals surface area contributed by atoms with Gasteiger partial charge in [-0.05, 0) is 59.1 Å². The number of rotatable bonds is 9. The number of benzene rings is 4. The van der Waals surface area contributed by atoms with E-state index in [1.807, 2.05) is 36.4 Å². The molecule has 0 saturated heterocycles. The second-order valence-corrected chi connectivity index (χ2v) is 8.35. The van der Waals surface area contributed by atoms with E-state index in [1.165, 1.54) is 16.3 Å². The molecule has 5 heteroatoms. The Kier molecular flexibility index (Phi) is 7.54. The van der Waals surface area contributed by atoms with Gasteiger partial charge in [0.05, 0.1) is 17.2 Å². The monoisotopic (exact) mass is 465 g/mol. The van der Waals surface area contributed by atoms with Gasteiger partial charge in [0.15, 0.2) is 0 Å². The molecule has 0 radical (unpaired) electrons. The van der Waals surface area contributed by atoms with Crippen molar-refractivity contribution in [2.75, 3.05) is 13.7 Å². The summed E-state index contributed by atoms with van der Waals surface area (Å²) in [6.07, 6.45) is 0.883. The maximum absolute atomic E-state index is 6.22. The van der Waals surface area contributed by atoms with Gasteiger partial charge in [-0.15, -0.1) is 0 Å². The molecule has 0 bridgehead atoms. The lowest BCUT2D eigenvalue weighted by atomic mass is 10.0. The molecule has 4 rings (SSSR count). The Hall–Kier alpha value is -2.72. The summed E-state index contributed by atoms with van der Waals surface area (Å²) in [5, 5.41) is 7.02. The highest BCUT2D eigenvalue weighted by atomic mass is 35.5. The van der Waals surface area contributed by atoms with E-state index in [9.17, 15) is 0 Å². The molecule has 0 aromatic heterocycles. The van der Waals surface area contributed by atoms with Crippen molar-refractivity contribution in [1.29, 1.82) is 0 Å². The number of hydrogen-bond acceptors (Lipinski definition) is 3. The first-order valence-corrected chi connectivity index (χ1v) is 11.3. The van der Waals surface area contributed by atoms with Crippen LogP contribution in [0.1, 0.15) is 16.7 Å². The van der Waals surface area contributed by atoms with Crippen LogP contribution in [0.15, 0.2) is 78.9 Å². The van der Waals surface area contributed by atoms with Crippen molar-refractivity contribution in [3.8, 4) is 11.5 Å². The highest BCUT2D eigenvalue weighted by Crippen LogP contribution is 2.30. The molecule has 3 nitrogen and oxygen atoms in total. The van der Waals surface area contributed by atoms with Crippen LogP contribution in [0.3, 0.4) is 0 Å². The van der Waals surface area contributed by atoms with E-state index in [4.69, 9.17) is 32.7 Å². The lowest BCUT2D eigenvalue weighted by Gasteiger charge is -2.16. The fourth-order valence-electron chi connectivity index (χ4n) is 3.77. The molecular formula is C27H25Cl2NO2. The number of ether oxygens (including phenoxy) is 2. The van der Waals surface area contributed by atoms with Crippen LogP contribution in [0.4, 0.5) is 0 Å². The van der Waals surface area contributed by atoms with Crippen molar-refractivity contribution in [2.45, 2.75) is 19.6 Å². The average Bonchev–Trinajstić information content (AvgIpc) is 2.83. The summed E-state index contributed by atoms with van der Waals surface area (Å²) in [5.41, 5.74) is 3.31. The second kappa shape index (κ2) is 10.7. The highest BCUT2D eigenvalue weighted by Gasteiger charge is 2.10. The quantitative estimate of drug-likeness (QED) is 0.268. The zero-order chi connectivity index (χ0) is 22.3. The van der Waals surface area contributed by atoms with Crippen LogP contribution in [-0.4, -0.2) is 13.7 Å². The smallest absolute Gasteiger partial charge is 0.124 e. The third kappa shape index (κ3) is 5.36. The van der Waals surface area contributed by atoms with Crippen LogP contribution < -0.4 is 14.8 Å². The van der Waals surface area contributed by atoms with Gasteiger partial charge in [0, 0.05) is 12.1 Å². The molecule has 0 heterocycles. The van der Waals surface area contributed by atoms with Crippen molar-refractivity contribution < 1.29 is 9.47 Å². The van der Waals surface area contributed by atoms with Gasteiger partial charge in [-0.1, -0.05) is 77.8 Å². The number of fused-ring (bicyclic) bond motifs is 1. The fourth-order valence-corrected chi connectivity index (χ4v) is 4.09. The Morgan fingerprint density at radius 3 is 2.47 bits per heavy atom. The molecule has 0 atom stereocenters. The molecule has 0 aliphatic carbocycles. The summed E-state index contributed by atoms with van der Waals surface area (Å²) in [5.74, 6) is 1.78. The molecule has 4 aromatic carbocycles. The first-order chi connectivity index (χ1) is 15.7. The Bertz CT molecular complexity index is 1210. The number of halogens is 2. The third-order valence-corrected chi connectivity index (χ3v) is 6.18. The standard InChI is InChI=1S/C27H25Cl2NO2/c1-31-26-9-5-3-7-21(26)14-15-30-17-23-22-8-4-2-6-20(22)11-13-27(23)32-18-19-10-12-24(28)25(29)16-19/h2-13,16,30H,14-15,17-18H2,1H3. The maximum atomic E-state index is 6.22. The average molecular weight is 466 g/mol. The first kappa shape index (κ1) is 22.5. The Labute approximate surface area is 198 Å². The minimum Gasteiger partial charge on any atom is -0.496 e. The van der Waals surface area contributed by atoms with Gasteiger partial charge in [0.1, 0.15) is 18.1 Å². The van der Waals surface area contributed by atoms with Gasteiger partial charge in [0.2, 0.25) is 0 Å². The molecule has 164 valence electrons. The Morgan fingerprint density at radius 2 is 1.62 bits per heavy atom. The lowest BCUT2D eigenvalue weighted by molar-refractivity contribution is 0.303. The molecule has 0 aliphatic heterocycles. The molecule has 0 fully saturated rings. The predicted octanol–water partition coefficient (Wildman–Crippen LogP) is 7.07. The van der Waals surface area contributed by atoms with Crippen molar-refractivity contribution in [1.82, 2.24) is 5.32 Å². The van der Waals surface area contributed by atoms with E-state index in [-0.39, 0.29) is 0 Å². The topological polar surface area (TPSA) is 30.5 Å². The van der Waals surface area contributed by atoms with Gasteiger partial charge in [-0.3, -0.25) is 0 Å². The van der Waals surface area contributed by atoms with Crippen LogP contribution in [0.5, 0.6) is 11.5 Å². The van der Waals surface area contributed by atoms with Gasteiger partial charge >= 0.3 is 0 Å². The summed E-state index contributed by atoms with van der Waals surface area (Å²) < 4.78 is 11.7. The largest absolute Gasteiger partial charge is 0.496 e. The number of hydrogen-bond donors (Lipinski definition) is 1. The third-order valence-electron chi connectivity index (χ3n) is 5.44. The van der Waals surface area contributed by atoms with Crippen LogP contribution in [0.2, 0.25) is 10.0 Å². The zero-order valence-electron chi connectivity index (χ0n) is 17.9.